The first-order chi connectivity index (χ1) is 13.0. The van der Waals surface area contributed by atoms with Crippen molar-refractivity contribution in [1.29, 1.82) is 0 Å². The number of ketones is 1. The molecule has 0 saturated heterocycles. The molecule has 3 aromatic rings. The number of carbonyl (C=O) groups excluding carboxylic acids is 2. The third kappa shape index (κ3) is 2.71. The quantitative estimate of drug-likeness (QED) is 0.708. The first kappa shape index (κ1) is 16.8. The van der Waals surface area contributed by atoms with E-state index in [1.807, 2.05) is 0 Å². The predicted octanol–water partition coefficient (Wildman–Crippen LogP) is 3.50. The maximum Gasteiger partial charge on any atom is 0.295 e. The SMILES string of the molecule is Cc1cc(N2C(=O)C(O)=C(C(=O)c3ccco3)C2c2cccc(F)c2)no1. The number of hydrogen-bond acceptors (Lipinski definition) is 6. The number of rotatable bonds is 4. The Morgan fingerprint density at radius 2 is 2.07 bits per heavy atom. The van der Waals surface area contributed by atoms with Crippen molar-refractivity contribution >= 4 is 17.5 Å². The summed E-state index contributed by atoms with van der Waals surface area (Å²) in [6, 6.07) is 8.75. The Balaban J connectivity index is 1.89. The number of aryl methyl sites for hydroxylation is 1. The number of aromatic nitrogens is 1. The van der Waals surface area contributed by atoms with Crippen LogP contribution < -0.4 is 4.90 Å². The molecule has 8 heteroatoms. The van der Waals surface area contributed by atoms with Crippen molar-refractivity contribution in [3.05, 3.63) is 83.0 Å². The Morgan fingerprint density at radius 1 is 1.26 bits per heavy atom. The molecule has 1 N–H and O–H groups in total. The zero-order valence-corrected chi connectivity index (χ0v) is 14.0. The molecule has 1 amide bonds. The van der Waals surface area contributed by atoms with E-state index in [1.165, 1.54) is 42.7 Å². The molecule has 136 valence electrons. The Morgan fingerprint density at radius 3 is 2.70 bits per heavy atom. The number of amides is 1. The fourth-order valence-corrected chi connectivity index (χ4v) is 3.07. The minimum absolute atomic E-state index is 0.0519. The van der Waals surface area contributed by atoms with Crippen LogP contribution in [0.4, 0.5) is 10.2 Å². The van der Waals surface area contributed by atoms with Gasteiger partial charge in [-0.1, -0.05) is 17.3 Å². The van der Waals surface area contributed by atoms with Crippen LogP contribution in [-0.4, -0.2) is 22.0 Å². The number of nitrogens with zero attached hydrogens (tertiary/aromatic N) is 2. The molecule has 2 aromatic heterocycles. The molecule has 0 fully saturated rings. The third-order valence-electron chi connectivity index (χ3n) is 4.22. The highest BCUT2D eigenvalue weighted by atomic mass is 19.1. The first-order valence-corrected chi connectivity index (χ1v) is 8.01. The summed E-state index contributed by atoms with van der Waals surface area (Å²) >= 11 is 0. The van der Waals surface area contributed by atoms with Gasteiger partial charge in [-0.25, -0.2) is 4.39 Å². The van der Waals surface area contributed by atoms with Gasteiger partial charge in [0.15, 0.2) is 17.3 Å². The lowest BCUT2D eigenvalue weighted by molar-refractivity contribution is -0.117. The number of aliphatic hydroxyl groups excluding tert-OH is 1. The molecule has 3 heterocycles. The van der Waals surface area contributed by atoms with E-state index in [9.17, 15) is 19.1 Å². The number of halogens is 1. The van der Waals surface area contributed by atoms with Crippen LogP contribution in [0.5, 0.6) is 0 Å². The van der Waals surface area contributed by atoms with Gasteiger partial charge in [0.25, 0.3) is 5.91 Å². The molecule has 0 bridgehead atoms. The average Bonchev–Trinajstić information content (AvgIpc) is 3.36. The van der Waals surface area contributed by atoms with Gasteiger partial charge in [-0.2, -0.15) is 0 Å². The summed E-state index contributed by atoms with van der Waals surface area (Å²) in [7, 11) is 0. The van der Waals surface area contributed by atoms with Gasteiger partial charge in [-0.15, -0.1) is 0 Å². The number of hydrogen-bond donors (Lipinski definition) is 1. The summed E-state index contributed by atoms with van der Waals surface area (Å²) in [6.45, 7) is 1.64. The monoisotopic (exact) mass is 368 g/mol. The van der Waals surface area contributed by atoms with Crippen LogP contribution in [0.15, 0.2) is 69.0 Å². The minimum atomic E-state index is -1.09. The number of anilines is 1. The molecule has 1 unspecified atom stereocenters. The van der Waals surface area contributed by atoms with Crippen molar-refractivity contribution in [3.8, 4) is 0 Å². The van der Waals surface area contributed by atoms with E-state index >= 15 is 0 Å². The minimum Gasteiger partial charge on any atom is -0.503 e. The second-order valence-electron chi connectivity index (χ2n) is 6.00. The van der Waals surface area contributed by atoms with Crippen molar-refractivity contribution in [2.45, 2.75) is 13.0 Å². The Labute approximate surface area is 152 Å². The van der Waals surface area contributed by atoms with Gasteiger partial charge in [-0.05, 0) is 36.8 Å². The lowest BCUT2D eigenvalue weighted by Crippen LogP contribution is -2.31. The molecular weight excluding hydrogens is 355 g/mol. The van der Waals surface area contributed by atoms with Crippen LogP contribution in [-0.2, 0) is 4.79 Å². The van der Waals surface area contributed by atoms with E-state index in [4.69, 9.17) is 8.94 Å². The zero-order valence-electron chi connectivity index (χ0n) is 14.0. The molecule has 1 aliphatic rings. The standard InChI is InChI=1S/C19H13FN2O5/c1-10-8-14(21-27-10)22-16(11-4-2-5-12(20)9-11)15(18(24)19(22)25)17(23)13-6-3-7-26-13/h2-9,16,24H,1H3. The summed E-state index contributed by atoms with van der Waals surface area (Å²) in [6.07, 6.45) is 1.30. The lowest BCUT2D eigenvalue weighted by atomic mass is 9.95. The third-order valence-corrected chi connectivity index (χ3v) is 4.22. The lowest BCUT2D eigenvalue weighted by Gasteiger charge is -2.24. The topological polar surface area (TPSA) is 96.8 Å². The maximum atomic E-state index is 13.8. The van der Waals surface area contributed by atoms with Gasteiger partial charge in [-0.3, -0.25) is 14.5 Å². The normalized spacial score (nSPS) is 17.0. The van der Waals surface area contributed by atoms with Crippen LogP contribution in [0.3, 0.4) is 0 Å². The summed E-state index contributed by atoms with van der Waals surface area (Å²) in [5, 5.41) is 14.2. The Hall–Kier alpha value is -3.68. The molecule has 0 spiro atoms. The Kier molecular flexibility index (Phi) is 3.88. The van der Waals surface area contributed by atoms with E-state index in [0.717, 1.165) is 4.90 Å². The summed E-state index contributed by atoms with van der Waals surface area (Å²) in [4.78, 5) is 26.7. The number of benzene rings is 1. The molecule has 0 radical (unpaired) electrons. The van der Waals surface area contributed by atoms with Crippen LogP contribution in [0.2, 0.25) is 0 Å². The molecule has 27 heavy (non-hydrogen) atoms. The molecule has 4 rings (SSSR count). The summed E-state index contributed by atoms with van der Waals surface area (Å²) in [5.74, 6) is -2.33. The number of carbonyl (C=O) groups is 2. The van der Waals surface area contributed by atoms with Crippen molar-refractivity contribution in [1.82, 2.24) is 5.16 Å². The van der Waals surface area contributed by atoms with E-state index in [0.29, 0.717) is 11.3 Å². The van der Waals surface area contributed by atoms with Gasteiger partial charge < -0.3 is 14.0 Å². The second-order valence-corrected chi connectivity index (χ2v) is 6.00. The molecule has 1 aliphatic heterocycles. The van der Waals surface area contributed by atoms with Gasteiger partial charge in [0.1, 0.15) is 11.6 Å². The van der Waals surface area contributed by atoms with Crippen LogP contribution >= 0.6 is 0 Å². The molecule has 0 saturated carbocycles. The molecular formula is C19H13FN2O5. The van der Waals surface area contributed by atoms with Crippen molar-refractivity contribution in [2.24, 2.45) is 0 Å². The number of furan rings is 1. The van der Waals surface area contributed by atoms with Gasteiger partial charge in [0, 0.05) is 6.07 Å². The fourth-order valence-electron chi connectivity index (χ4n) is 3.07. The highest BCUT2D eigenvalue weighted by molar-refractivity contribution is 6.19. The maximum absolute atomic E-state index is 13.8. The molecule has 7 nitrogen and oxygen atoms in total. The van der Waals surface area contributed by atoms with Crippen molar-refractivity contribution in [2.75, 3.05) is 4.90 Å². The molecule has 1 atom stereocenters. The van der Waals surface area contributed by atoms with Gasteiger partial charge >= 0.3 is 0 Å². The second kappa shape index (κ2) is 6.24. The molecule has 0 aliphatic carbocycles. The van der Waals surface area contributed by atoms with E-state index in [-0.39, 0.29) is 17.2 Å². The van der Waals surface area contributed by atoms with Crippen LogP contribution in [0, 0.1) is 12.7 Å². The van der Waals surface area contributed by atoms with Gasteiger partial charge in [0.2, 0.25) is 5.78 Å². The molecule has 1 aromatic carbocycles. The van der Waals surface area contributed by atoms with E-state index in [2.05, 4.69) is 5.16 Å². The summed E-state index contributed by atoms with van der Waals surface area (Å²) < 4.78 is 24.0. The van der Waals surface area contributed by atoms with E-state index < -0.39 is 29.3 Å². The Bertz CT molecular complexity index is 1070. The smallest absolute Gasteiger partial charge is 0.295 e. The zero-order chi connectivity index (χ0) is 19.1. The largest absolute Gasteiger partial charge is 0.503 e. The number of aliphatic hydroxyl groups is 1. The van der Waals surface area contributed by atoms with Crippen molar-refractivity contribution < 1.29 is 28.0 Å². The number of Topliss-reactive ketones (excluding diaryl/α,β-unsaturated/α-hetero) is 1. The van der Waals surface area contributed by atoms with Gasteiger partial charge in [0.05, 0.1) is 17.9 Å². The first-order valence-electron chi connectivity index (χ1n) is 8.01. The highest BCUT2D eigenvalue weighted by Gasteiger charge is 2.46. The highest BCUT2D eigenvalue weighted by Crippen LogP contribution is 2.41. The van der Waals surface area contributed by atoms with Crippen molar-refractivity contribution in [3.63, 3.8) is 0 Å². The fraction of sp³-hybridized carbons (Fsp3) is 0.105. The predicted molar refractivity (Wildman–Crippen MR) is 90.6 cm³/mol. The summed E-state index contributed by atoms with van der Waals surface area (Å²) in [5.41, 5.74) is 0.0733. The van der Waals surface area contributed by atoms with Crippen LogP contribution in [0.1, 0.15) is 27.9 Å². The van der Waals surface area contributed by atoms with Crippen LogP contribution in [0.25, 0.3) is 0 Å². The average molecular weight is 368 g/mol. The van der Waals surface area contributed by atoms with E-state index in [1.54, 1.807) is 13.0 Å².